The van der Waals surface area contributed by atoms with Crippen molar-refractivity contribution in [3.05, 3.63) is 194 Å². The summed E-state index contributed by atoms with van der Waals surface area (Å²) in [5.74, 6) is 0. The highest BCUT2D eigenvalue weighted by Crippen LogP contribution is 2.43. The number of fused-ring (bicyclic) bond motifs is 5. The van der Waals surface area contributed by atoms with Crippen molar-refractivity contribution in [1.82, 2.24) is 4.98 Å². The lowest BCUT2D eigenvalue weighted by atomic mass is 9.92. The second kappa shape index (κ2) is 12.4. The van der Waals surface area contributed by atoms with Crippen LogP contribution in [-0.4, -0.2) is 4.98 Å². The Bertz CT molecular complexity index is 2910. The first-order chi connectivity index (χ1) is 25.7. The fourth-order valence-corrected chi connectivity index (χ4v) is 7.52. The number of furan rings is 1. The van der Waals surface area contributed by atoms with E-state index in [1.165, 1.54) is 38.6 Å². The van der Waals surface area contributed by atoms with Gasteiger partial charge in [0.15, 0.2) is 0 Å². The number of aromatic nitrogens is 1. The molecule has 0 aliphatic heterocycles. The maximum absolute atomic E-state index is 6.58. The number of hydrogen-bond donors (Lipinski definition) is 0. The third-order valence-electron chi connectivity index (χ3n) is 10.1. The summed E-state index contributed by atoms with van der Waals surface area (Å²) in [5, 5.41) is 6.83. The van der Waals surface area contributed by atoms with E-state index in [9.17, 15) is 0 Å². The van der Waals surface area contributed by atoms with Crippen LogP contribution in [0.25, 0.3) is 76.9 Å². The molecule has 244 valence electrons. The summed E-state index contributed by atoms with van der Waals surface area (Å²) in [5.41, 5.74) is 11.9. The van der Waals surface area contributed by atoms with E-state index in [-0.39, 0.29) is 0 Å². The summed E-state index contributed by atoms with van der Waals surface area (Å²) in [6, 6.07) is 65.1. The molecule has 8 aromatic carbocycles. The molecule has 2 heterocycles. The first-order valence-electron chi connectivity index (χ1n) is 17.6. The maximum Gasteiger partial charge on any atom is 0.137 e. The fourth-order valence-electron chi connectivity index (χ4n) is 7.52. The summed E-state index contributed by atoms with van der Waals surface area (Å²) < 4.78 is 6.58. The monoisotopic (exact) mass is 664 g/mol. The standard InChI is InChI=1S/C49H32N2O/c1-3-10-33(11-4-1)37-16-9-17-41(27-37)51(43-21-23-45-47-28-40-32-50-25-24-38(40)29-48(47)52-49(45)31-43)42-20-22-44(35-13-5-2-6-14-35)46(30-42)39-19-18-34-12-7-8-15-36(34)26-39/h1-32H. The van der Waals surface area contributed by atoms with Crippen LogP contribution in [0, 0.1) is 0 Å². The number of hydrogen-bond acceptors (Lipinski definition) is 3. The van der Waals surface area contributed by atoms with Crippen LogP contribution in [0.2, 0.25) is 0 Å². The topological polar surface area (TPSA) is 29.3 Å². The molecule has 0 saturated carbocycles. The van der Waals surface area contributed by atoms with E-state index in [2.05, 4.69) is 186 Å². The van der Waals surface area contributed by atoms with Crippen LogP contribution < -0.4 is 4.90 Å². The molecule has 0 spiro atoms. The zero-order chi connectivity index (χ0) is 34.4. The van der Waals surface area contributed by atoms with E-state index in [0.29, 0.717) is 0 Å². The molecule has 0 aliphatic carbocycles. The van der Waals surface area contributed by atoms with Crippen LogP contribution >= 0.6 is 0 Å². The van der Waals surface area contributed by atoms with Crippen LogP contribution in [0.1, 0.15) is 0 Å². The lowest BCUT2D eigenvalue weighted by molar-refractivity contribution is 0.669. The van der Waals surface area contributed by atoms with E-state index in [4.69, 9.17) is 4.42 Å². The van der Waals surface area contributed by atoms with Gasteiger partial charge in [-0.25, -0.2) is 0 Å². The van der Waals surface area contributed by atoms with Crippen molar-refractivity contribution in [2.45, 2.75) is 0 Å². The smallest absolute Gasteiger partial charge is 0.137 e. The van der Waals surface area contributed by atoms with Gasteiger partial charge in [-0.15, -0.1) is 0 Å². The molecule has 52 heavy (non-hydrogen) atoms. The molecule has 3 heteroatoms. The van der Waals surface area contributed by atoms with Gasteiger partial charge in [0, 0.05) is 51.7 Å². The highest BCUT2D eigenvalue weighted by molar-refractivity contribution is 6.10. The van der Waals surface area contributed by atoms with Crippen molar-refractivity contribution in [3.8, 4) is 33.4 Å². The van der Waals surface area contributed by atoms with Crippen molar-refractivity contribution in [2.75, 3.05) is 4.90 Å². The number of pyridine rings is 1. The van der Waals surface area contributed by atoms with Gasteiger partial charge in [0.05, 0.1) is 0 Å². The molecule has 0 fully saturated rings. The van der Waals surface area contributed by atoms with Crippen molar-refractivity contribution in [3.63, 3.8) is 0 Å². The van der Waals surface area contributed by atoms with Gasteiger partial charge in [-0.05, 0) is 110 Å². The van der Waals surface area contributed by atoms with Gasteiger partial charge in [0.1, 0.15) is 11.2 Å². The minimum absolute atomic E-state index is 0.843. The summed E-state index contributed by atoms with van der Waals surface area (Å²) >= 11 is 0. The van der Waals surface area contributed by atoms with Crippen molar-refractivity contribution < 1.29 is 4.42 Å². The highest BCUT2D eigenvalue weighted by atomic mass is 16.3. The molecule has 3 nitrogen and oxygen atoms in total. The quantitative estimate of drug-likeness (QED) is 0.177. The molecule has 2 aromatic heterocycles. The Morgan fingerprint density at radius 1 is 0.365 bits per heavy atom. The lowest BCUT2D eigenvalue weighted by Gasteiger charge is -2.27. The maximum atomic E-state index is 6.58. The molecule has 0 radical (unpaired) electrons. The Morgan fingerprint density at radius 3 is 1.92 bits per heavy atom. The normalized spacial score (nSPS) is 11.5. The SMILES string of the molecule is c1ccc(-c2cccc(N(c3ccc(-c4ccccc4)c(-c4ccc5ccccc5c4)c3)c3ccc4c(c3)oc3cc5ccncc5cc34)c2)cc1. The Hall–Kier alpha value is -6.97. The van der Waals surface area contributed by atoms with Crippen LogP contribution in [0.4, 0.5) is 17.1 Å². The third kappa shape index (κ3) is 5.28. The molecule has 0 amide bonds. The molecule has 10 rings (SSSR count). The Labute approximate surface area is 301 Å². The number of benzene rings is 8. The Morgan fingerprint density at radius 2 is 1.06 bits per heavy atom. The van der Waals surface area contributed by atoms with Crippen molar-refractivity contribution in [1.29, 1.82) is 0 Å². The van der Waals surface area contributed by atoms with E-state index in [1.54, 1.807) is 0 Å². The second-order valence-electron chi connectivity index (χ2n) is 13.3. The largest absolute Gasteiger partial charge is 0.456 e. The summed E-state index contributed by atoms with van der Waals surface area (Å²) in [6.07, 6.45) is 3.74. The van der Waals surface area contributed by atoms with E-state index < -0.39 is 0 Å². The molecule has 0 aliphatic rings. The summed E-state index contributed by atoms with van der Waals surface area (Å²) in [7, 11) is 0. The zero-order valence-corrected chi connectivity index (χ0v) is 28.3. The first-order valence-corrected chi connectivity index (χ1v) is 17.6. The Balaban J connectivity index is 1.19. The van der Waals surface area contributed by atoms with Crippen LogP contribution in [0.15, 0.2) is 199 Å². The molecule has 0 saturated heterocycles. The molecular weight excluding hydrogens is 633 g/mol. The van der Waals surface area contributed by atoms with E-state index >= 15 is 0 Å². The average Bonchev–Trinajstić information content (AvgIpc) is 3.57. The predicted molar refractivity (Wildman–Crippen MR) is 218 cm³/mol. The van der Waals surface area contributed by atoms with Gasteiger partial charge in [-0.3, -0.25) is 4.98 Å². The van der Waals surface area contributed by atoms with Gasteiger partial charge in [-0.2, -0.15) is 0 Å². The third-order valence-corrected chi connectivity index (χ3v) is 10.1. The minimum atomic E-state index is 0.843. The van der Waals surface area contributed by atoms with Crippen LogP contribution in [-0.2, 0) is 0 Å². The minimum Gasteiger partial charge on any atom is -0.456 e. The van der Waals surface area contributed by atoms with Gasteiger partial charge in [0.2, 0.25) is 0 Å². The van der Waals surface area contributed by atoms with Crippen LogP contribution in [0.5, 0.6) is 0 Å². The van der Waals surface area contributed by atoms with Crippen molar-refractivity contribution >= 4 is 60.5 Å². The summed E-state index contributed by atoms with van der Waals surface area (Å²) in [4.78, 5) is 6.70. The van der Waals surface area contributed by atoms with Gasteiger partial charge in [0.25, 0.3) is 0 Å². The molecule has 0 bridgehead atoms. The number of anilines is 3. The zero-order valence-electron chi connectivity index (χ0n) is 28.3. The van der Waals surface area contributed by atoms with Crippen LogP contribution in [0.3, 0.4) is 0 Å². The molecule has 0 atom stereocenters. The number of rotatable bonds is 6. The number of nitrogens with zero attached hydrogens (tertiary/aromatic N) is 2. The highest BCUT2D eigenvalue weighted by Gasteiger charge is 2.19. The average molecular weight is 665 g/mol. The predicted octanol–water partition coefficient (Wildman–Crippen LogP) is 13.8. The van der Waals surface area contributed by atoms with Crippen molar-refractivity contribution in [2.24, 2.45) is 0 Å². The van der Waals surface area contributed by atoms with E-state index in [0.717, 1.165) is 55.3 Å². The van der Waals surface area contributed by atoms with Gasteiger partial charge < -0.3 is 9.32 Å². The fraction of sp³-hybridized carbons (Fsp3) is 0. The van der Waals surface area contributed by atoms with E-state index in [1.807, 2.05) is 18.5 Å². The molecular formula is C49H32N2O. The molecule has 10 aromatic rings. The molecule has 0 unspecified atom stereocenters. The summed E-state index contributed by atoms with van der Waals surface area (Å²) in [6.45, 7) is 0. The molecule has 0 N–H and O–H groups in total. The first kappa shape index (κ1) is 29.9. The Kier molecular flexibility index (Phi) is 7.14. The van der Waals surface area contributed by atoms with Gasteiger partial charge in [-0.1, -0.05) is 115 Å². The van der Waals surface area contributed by atoms with Gasteiger partial charge >= 0.3 is 0 Å². The lowest BCUT2D eigenvalue weighted by Crippen LogP contribution is -2.10. The second-order valence-corrected chi connectivity index (χ2v) is 13.3.